The van der Waals surface area contributed by atoms with Crippen molar-refractivity contribution in [1.29, 1.82) is 0 Å². The summed E-state index contributed by atoms with van der Waals surface area (Å²) in [6.45, 7) is 1.25. The summed E-state index contributed by atoms with van der Waals surface area (Å²) in [6.07, 6.45) is 6.70. The van der Waals surface area contributed by atoms with E-state index in [-0.39, 0.29) is 6.03 Å². The second-order valence-electron chi connectivity index (χ2n) is 5.96. The van der Waals surface area contributed by atoms with Gasteiger partial charge in [-0.25, -0.2) is 4.79 Å². The minimum atomic E-state index is -0.102. The number of urea groups is 1. The van der Waals surface area contributed by atoms with E-state index < -0.39 is 0 Å². The molecule has 2 aromatic heterocycles. The highest BCUT2D eigenvalue weighted by Gasteiger charge is 2.19. The quantitative estimate of drug-likeness (QED) is 0.711. The molecule has 0 unspecified atom stereocenters. The Balaban J connectivity index is 1.46. The third kappa shape index (κ3) is 3.23. The zero-order chi connectivity index (χ0) is 17.2. The highest BCUT2D eigenvalue weighted by Crippen LogP contribution is 2.28. The molecule has 1 aromatic carbocycles. The van der Waals surface area contributed by atoms with Gasteiger partial charge in [0.05, 0.1) is 11.0 Å². The first-order chi connectivity index (χ1) is 12.2. The van der Waals surface area contributed by atoms with Crippen LogP contribution >= 0.6 is 11.6 Å². The number of amides is 2. The van der Waals surface area contributed by atoms with Gasteiger partial charge in [-0.1, -0.05) is 17.7 Å². The maximum Gasteiger partial charge on any atom is 0.322 e. The standard InChI is InChI=1S/C19H17ClN4O/c20-14-3-5-15(6-4-14)23-19(25)24-10-7-13(8-11-24)16-12-22-17-2-1-9-21-18(16)17/h1-7,9,12,22H,8,10-11H2,(H,23,25). The second kappa shape index (κ2) is 6.61. The molecule has 0 saturated carbocycles. The van der Waals surface area contributed by atoms with Crippen LogP contribution in [0, 0.1) is 0 Å². The Kier molecular flexibility index (Phi) is 4.15. The highest BCUT2D eigenvalue weighted by atomic mass is 35.5. The number of nitrogens with one attached hydrogen (secondary N) is 2. The molecule has 0 bridgehead atoms. The van der Waals surface area contributed by atoms with Gasteiger partial charge < -0.3 is 15.2 Å². The van der Waals surface area contributed by atoms with Gasteiger partial charge in [0.2, 0.25) is 0 Å². The van der Waals surface area contributed by atoms with Gasteiger partial charge in [-0.05, 0) is 48.4 Å². The molecule has 0 radical (unpaired) electrons. The van der Waals surface area contributed by atoms with Crippen LogP contribution < -0.4 is 5.32 Å². The van der Waals surface area contributed by atoms with Crippen molar-refractivity contribution in [2.45, 2.75) is 6.42 Å². The van der Waals surface area contributed by atoms with E-state index in [1.54, 1.807) is 35.4 Å². The smallest absolute Gasteiger partial charge is 0.322 e. The Morgan fingerprint density at radius 2 is 2.08 bits per heavy atom. The summed E-state index contributed by atoms with van der Waals surface area (Å²) in [4.78, 5) is 21.9. The van der Waals surface area contributed by atoms with Crippen molar-refractivity contribution in [3.8, 4) is 0 Å². The third-order valence-corrected chi connectivity index (χ3v) is 4.62. The van der Waals surface area contributed by atoms with Gasteiger partial charge in [0.25, 0.3) is 0 Å². The summed E-state index contributed by atoms with van der Waals surface area (Å²) in [7, 11) is 0. The molecule has 2 amide bonds. The number of carbonyl (C=O) groups excluding carboxylic acids is 1. The van der Waals surface area contributed by atoms with E-state index >= 15 is 0 Å². The molecular weight excluding hydrogens is 336 g/mol. The summed E-state index contributed by atoms with van der Waals surface area (Å²) in [5.41, 5.74) is 5.09. The maximum absolute atomic E-state index is 12.4. The predicted molar refractivity (Wildman–Crippen MR) is 101 cm³/mol. The molecule has 1 aliphatic rings. The fraction of sp³-hybridized carbons (Fsp3) is 0.158. The molecule has 3 aromatic rings. The number of anilines is 1. The van der Waals surface area contributed by atoms with Gasteiger partial charge in [0.15, 0.2) is 0 Å². The minimum absolute atomic E-state index is 0.102. The number of halogens is 1. The van der Waals surface area contributed by atoms with Gasteiger partial charge in [0.1, 0.15) is 0 Å². The van der Waals surface area contributed by atoms with E-state index in [2.05, 4.69) is 21.4 Å². The topological polar surface area (TPSA) is 61.0 Å². The molecule has 6 heteroatoms. The molecule has 0 aliphatic carbocycles. The number of H-pyrrole nitrogens is 1. The van der Waals surface area contributed by atoms with E-state index in [1.807, 2.05) is 18.3 Å². The van der Waals surface area contributed by atoms with Gasteiger partial charge in [-0.2, -0.15) is 0 Å². The number of aromatic nitrogens is 2. The fourth-order valence-corrected chi connectivity index (χ4v) is 3.16. The van der Waals surface area contributed by atoms with Crippen molar-refractivity contribution >= 4 is 39.9 Å². The number of benzene rings is 1. The Hall–Kier alpha value is -2.79. The Morgan fingerprint density at radius 3 is 2.84 bits per heavy atom. The first kappa shape index (κ1) is 15.7. The number of carbonyl (C=O) groups is 1. The number of hydrogen-bond acceptors (Lipinski definition) is 2. The van der Waals surface area contributed by atoms with Crippen molar-refractivity contribution in [1.82, 2.24) is 14.9 Å². The van der Waals surface area contributed by atoms with E-state index in [1.165, 1.54) is 5.57 Å². The second-order valence-corrected chi connectivity index (χ2v) is 6.40. The highest BCUT2D eigenvalue weighted by molar-refractivity contribution is 6.30. The number of fused-ring (bicyclic) bond motifs is 1. The van der Waals surface area contributed by atoms with Gasteiger partial charge in [0, 0.05) is 41.8 Å². The van der Waals surface area contributed by atoms with Gasteiger partial charge >= 0.3 is 6.03 Å². The number of nitrogens with zero attached hydrogens (tertiary/aromatic N) is 2. The van der Waals surface area contributed by atoms with Crippen LogP contribution in [0.5, 0.6) is 0 Å². The first-order valence-corrected chi connectivity index (χ1v) is 8.51. The van der Waals surface area contributed by atoms with Crippen LogP contribution in [0.2, 0.25) is 5.02 Å². The molecule has 0 saturated heterocycles. The van der Waals surface area contributed by atoms with Crippen LogP contribution in [-0.2, 0) is 0 Å². The van der Waals surface area contributed by atoms with E-state index in [0.717, 1.165) is 28.7 Å². The maximum atomic E-state index is 12.4. The lowest BCUT2D eigenvalue weighted by Crippen LogP contribution is -2.37. The van der Waals surface area contributed by atoms with Crippen LogP contribution in [0.3, 0.4) is 0 Å². The van der Waals surface area contributed by atoms with Crippen molar-refractivity contribution in [2.75, 3.05) is 18.4 Å². The molecule has 5 nitrogen and oxygen atoms in total. The Labute approximate surface area is 150 Å². The number of pyridine rings is 1. The molecule has 0 fully saturated rings. The van der Waals surface area contributed by atoms with Crippen LogP contribution in [0.25, 0.3) is 16.6 Å². The van der Waals surface area contributed by atoms with E-state index in [4.69, 9.17) is 11.6 Å². The van der Waals surface area contributed by atoms with Crippen LogP contribution in [-0.4, -0.2) is 34.0 Å². The van der Waals surface area contributed by atoms with Crippen LogP contribution in [0.15, 0.2) is 54.9 Å². The molecule has 0 atom stereocenters. The molecule has 4 rings (SSSR count). The fourth-order valence-electron chi connectivity index (χ4n) is 3.03. The largest absolute Gasteiger partial charge is 0.359 e. The van der Waals surface area contributed by atoms with Crippen molar-refractivity contribution in [3.05, 3.63) is 65.5 Å². The number of aromatic amines is 1. The van der Waals surface area contributed by atoms with Crippen LogP contribution in [0.4, 0.5) is 10.5 Å². The zero-order valence-corrected chi connectivity index (χ0v) is 14.3. The summed E-state index contributed by atoms with van der Waals surface area (Å²) in [5, 5.41) is 3.55. The van der Waals surface area contributed by atoms with Gasteiger partial charge in [-0.15, -0.1) is 0 Å². The molecule has 1 aliphatic heterocycles. The third-order valence-electron chi connectivity index (χ3n) is 4.37. The summed E-state index contributed by atoms with van der Waals surface area (Å²) in [6, 6.07) is 10.9. The average molecular weight is 353 g/mol. The molecule has 25 heavy (non-hydrogen) atoms. The van der Waals surface area contributed by atoms with E-state index in [0.29, 0.717) is 18.1 Å². The van der Waals surface area contributed by atoms with Crippen molar-refractivity contribution in [3.63, 3.8) is 0 Å². The molecule has 3 heterocycles. The number of hydrogen-bond donors (Lipinski definition) is 2. The van der Waals surface area contributed by atoms with Crippen LogP contribution in [0.1, 0.15) is 12.0 Å². The lowest BCUT2D eigenvalue weighted by molar-refractivity contribution is 0.217. The number of rotatable bonds is 2. The average Bonchev–Trinajstić information content (AvgIpc) is 3.08. The zero-order valence-electron chi connectivity index (χ0n) is 13.5. The van der Waals surface area contributed by atoms with Crippen molar-refractivity contribution in [2.24, 2.45) is 0 Å². The first-order valence-electron chi connectivity index (χ1n) is 8.14. The normalized spacial score (nSPS) is 14.4. The molecule has 0 spiro atoms. The predicted octanol–water partition coefficient (Wildman–Crippen LogP) is 4.54. The Bertz CT molecular complexity index is 945. The summed E-state index contributed by atoms with van der Waals surface area (Å²) in [5.74, 6) is 0. The lowest BCUT2D eigenvalue weighted by atomic mass is 10.0. The summed E-state index contributed by atoms with van der Waals surface area (Å²) >= 11 is 5.86. The van der Waals surface area contributed by atoms with Gasteiger partial charge in [-0.3, -0.25) is 4.98 Å². The molecular formula is C19H17ClN4O. The monoisotopic (exact) mass is 352 g/mol. The molecule has 126 valence electrons. The molecule has 2 N–H and O–H groups in total. The minimum Gasteiger partial charge on any atom is -0.359 e. The van der Waals surface area contributed by atoms with Crippen molar-refractivity contribution < 1.29 is 4.79 Å². The SMILES string of the molecule is O=C(Nc1ccc(Cl)cc1)N1CC=C(c2c[nH]c3cccnc23)CC1. The lowest BCUT2D eigenvalue weighted by Gasteiger charge is -2.26. The van der Waals surface area contributed by atoms with E-state index in [9.17, 15) is 4.79 Å². The summed E-state index contributed by atoms with van der Waals surface area (Å²) < 4.78 is 0. The Morgan fingerprint density at radius 1 is 1.24 bits per heavy atom.